The van der Waals surface area contributed by atoms with Gasteiger partial charge in [0.25, 0.3) is 0 Å². The molecular formula is C17H27NO2. The number of hydrogen-bond acceptors (Lipinski definition) is 2. The highest BCUT2D eigenvalue weighted by molar-refractivity contribution is 5.70. The summed E-state index contributed by atoms with van der Waals surface area (Å²) in [6.45, 7) is 6.60. The van der Waals surface area contributed by atoms with E-state index in [9.17, 15) is 4.79 Å². The summed E-state index contributed by atoms with van der Waals surface area (Å²) in [7, 11) is 0. The summed E-state index contributed by atoms with van der Waals surface area (Å²) in [6.07, 6.45) is 3.75. The molecule has 1 aromatic rings. The van der Waals surface area contributed by atoms with Crippen LogP contribution in [0, 0.1) is 25.7 Å². The first-order valence-electron chi connectivity index (χ1n) is 7.46. The van der Waals surface area contributed by atoms with Crippen molar-refractivity contribution in [2.45, 2.75) is 46.5 Å². The zero-order valence-electron chi connectivity index (χ0n) is 12.9. The quantitative estimate of drug-likeness (QED) is 0.766. The third kappa shape index (κ3) is 4.97. The molecular weight excluding hydrogens is 250 g/mol. The number of aliphatic carboxylic acids is 1. The second-order valence-electron chi connectivity index (χ2n) is 5.75. The van der Waals surface area contributed by atoms with Gasteiger partial charge in [0.2, 0.25) is 0 Å². The average Bonchev–Trinajstić information content (AvgIpc) is 2.42. The van der Waals surface area contributed by atoms with Gasteiger partial charge >= 0.3 is 5.97 Å². The first-order valence-corrected chi connectivity index (χ1v) is 7.46. The van der Waals surface area contributed by atoms with Crippen molar-refractivity contribution in [1.82, 2.24) is 0 Å². The second-order valence-corrected chi connectivity index (χ2v) is 5.75. The molecule has 0 radical (unpaired) electrons. The Hall–Kier alpha value is -1.35. The number of carboxylic acids is 1. The Balaban J connectivity index is 2.60. The van der Waals surface area contributed by atoms with E-state index >= 15 is 0 Å². The molecule has 0 saturated carbocycles. The van der Waals surface area contributed by atoms with E-state index in [-0.39, 0.29) is 6.54 Å². The molecule has 2 atom stereocenters. The number of benzene rings is 1. The molecule has 0 spiro atoms. The van der Waals surface area contributed by atoms with Gasteiger partial charge in [0.15, 0.2) is 0 Å². The molecule has 2 unspecified atom stereocenters. The van der Waals surface area contributed by atoms with Crippen molar-refractivity contribution < 1.29 is 9.90 Å². The van der Waals surface area contributed by atoms with Crippen LogP contribution in [0.1, 0.15) is 42.9 Å². The SMILES string of the molecule is CCC(CCc1cc(C)ccc1C)CC(CN)C(=O)O. The molecule has 3 nitrogen and oxygen atoms in total. The lowest BCUT2D eigenvalue weighted by Gasteiger charge is -2.19. The van der Waals surface area contributed by atoms with Crippen LogP contribution >= 0.6 is 0 Å². The molecule has 0 fully saturated rings. The van der Waals surface area contributed by atoms with E-state index in [2.05, 4.69) is 39.0 Å². The fraction of sp³-hybridized carbons (Fsp3) is 0.588. The molecule has 0 saturated heterocycles. The van der Waals surface area contributed by atoms with Crippen molar-refractivity contribution in [2.75, 3.05) is 6.54 Å². The normalized spacial score (nSPS) is 14.0. The van der Waals surface area contributed by atoms with Gasteiger partial charge in [-0.1, -0.05) is 37.1 Å². The molecule has 0 aliphatic heterocycles. The van der Waals surface area contributed by atoms with Crippen molar-refractivity contribution in [3.63, 3.8) is 0 Å². The van der Waals surface area contributed by atoms with Crippen molar-refractivity contribution in [1.29, 1.82) is 0 Å². The van der Waals surface area contributed by atoms with Crippen LogP contribution in [0.25, 0.3) is 0 Å². The predicted octanol–water partition coefficient (Wildman–Crippen LogP) is 3.31. The van der Waals surface area contributed by atoms with Crippen LogP contribution in [0.4, 0.5) is 0 Å². The van der Waals surface area contributed by atoms with E-state index < -0.39 is 11.9 Å². The Labute approximate surface area is 122 Å². The predicted molar refractivity (Wildman–Crippen MR) is 82.8 cm³/mol. The number of carboxylic acid groups (broad SMARTS) is 1. The summed E-state index contributed by atoms with van der Waals surface area (Å²) in [4.78, 5) is 11.1. The van der Waals surface area contributed by atoms with E-state index in [4.69, 9.17) is 10.8 Å². The Bertz CT molecular complexity index is 443. The minimum atomic E-state index is -0.766. The molecule has 112 valence electrons. The van der Waals surface area contributed by atoms with Crippen molar-refractivity contribution in [2.24, 2.45) is 17.6 Å². The highest BCUT2D eigenvalue weighted by atomic mass is 16.4. The number of nitrogens with two attached hydrogens (primary N) is 1. The Kier molecular flexibility index (Phi) is 6.73. The van der Waals surface area contributed by atoms with Crippen LogP contribution in [0.5, 0.6) is 0 Å². The maximum atomic E-state index is 11.1. The van der Waals surface area contributed by atoms with Crippen LogP contribution in [0.3, 0.4) is 0 Å². The molecule has 0 amide bonds. The summed E-state index contributed by atoms with van der Waals surface area (Å²) in [6, 6.07) is 6.52. The maximum Gasteiger partial charge on any atom is 0.307 e. The standard InChI is InChI=1S/C17H27NO2/c1-4-14(10-16(11-18)17(19)20)7-8-15-9-12(2)5-6-13(15)3/h5-6,9,14,16H,4,7-8,10-11,18H2,1-3H3,(H,19,20). The van der Waals surface area contributed by atoms with E-state index in [0.29, 0.717) is 12.3 Å². The summed E-state index contributed by atoms with van der Waals surface area (Å²) >= 11 is 0. The molecule has 3 heteroatoms. The molecule has 0 aromatic heterocycles. The fourth-order valence-corrected chi connectivity index (χ4v) is 2.62. The molecule has 0 aliphatic carbocycles. The molecule has 0 aliphatic rings. The Morgan fingerprint density at radius 2 is 2.05 bits per heavy atom. The van der Waals surface area contributed by atoms with Crippen LogP contribution in [0.15, 0.2) is 18.2 Å². The largest absolute Gasteiger partial charge is 0.481 e. The van der Waals surface area contributed by atoms with Crippen molar-refractivity contribution >= 4 is 5.97 Å². The van der Waals surface area contributed by atoms with Gasteiger partial charge < -0.3 is 10.8 Å². The first-order chi connectivity index (χ1) is 9.47. The van der Waals surface area contributed by atoms with Gasteiger partial charge in [-0.05, 0) is 50.2 Å². The van der Waals surface area contributed by atoms with Crippen LogP contribution in [-0.4, -0.2) is 17.6 Å². The first kappa shape index (κ1) is 16.7. The molecule has 20 heavy (non-hydrogen) atoms. The van der Waals surface area contributed by atoms with Gasteiger partial charge in [-0.15, -0.1) is 0 Å². The van der Waals surface area contributed by atoms with Gasteiger partial charge in [-0.25, -0.2) is 0 Å². The maximum absolute atomic E-state index is 11.1. The fourth-order valence-electron chi connectivity index (χ4n) is 2.62. The molecule has 3 N–H and O–H groups in total. The van der Waals surface area contributed by atoms with E-state index in [1.54, 1.807) is 0 Å². The van der Waals surface area contributed by atoms with Crippen LogP contribution in [0.2, 0.25) is 0 Å². The zero-order chi connectivity index (χ0) is 15.1. The summed E-state index contributed by atoms with van der Waals surface area (Å²) in [5.41, 5.74) is 9.53. The number of aryl methyl sites for hydroxylation is 3. The summed E-state index contributed by atoms with van der Waals surface area (Å²) in [5.74, 6) is -0.740. The van der Waals surface area contributed by atoms with E-state index in [1.165, 1.54) is 16.7 Å². The molecule has 0 heterocycles. The third-order valence-corrected chi connectivity index (χ3v) is 4.16. The van der Waals surface area contributed by atoms with Gasteiger partial charge in [0.1, 0.15) is 0 Å². The molecule has 1 aromatic carbocycles. The minimum absolute atomic E-state index is 0.231. The van der Waals surface area contributed by atoms with Crippen molar-refractivity contribution in [3.8, 4) is 0 Å². The summed E-state index contributed by atoms with van der Waals surface area (Å²) in [5, 5.41) is 9.10. The van der Waals surface area contributed by atoms with Crippen molar-refractivity contribution in [3.05, 3.63) is 34.9 Å². The lowest BCUT2D eigenvalue weighted by molar-refractivity contribution is -0.142. The van der Waals surface area contributed by atoms with E-state index in [0.717, 1.165) is 19.3 Å². The minimum Gasteiger partial charge on any atom is -0.481 e. The number of rotatable bonds is 8. The third-order valence-electron chi connectivity index (χ3n) is 4.16. The topological polar surface area (TPSA) is 63.3 Å². The monoisotopic (exact) mass is 277 g/mol. The lowest BCUT2D eigenvalue weighted by Crippen LogP contribution is -2.26. The Morgan fingerprint density at radius 1 is 1.35 bits per heavy atom. The highest BCUT2D eigenvalue weighted by Gasteiger charge is 2.20. The van der Waals surface area contributed by atoms with Gasteiger partial charge in [0, 0.05) is 6.54 Å². The smallest absolute Gasteiger partial charge is 0.307 e. The Morgan fingerprint density at radius 3 is 2.60 bits per heavy atom. The van der Waals surface area contributed by atoms with E-state index in [1.807, 2.05) is 0 Å². The molecule has 1 rings (SSSR count). The summed E-state index contributed by atoms with van der Waals surface area (Å²) < 4.78 is 0. The lowest BCUT2D eigenvalue weighted by atomic mass is 9.87. The molecule has 0 bridgehead atoms. The van der Waals surface area contributed by atoms with Crippen LogP contribution in [-0.2, 0) is 11.2 Å². The number of hydrogen-bond donors (Lipinski definition) is 2. The zero-order valence-corrected chi connectivity index (χ0v) is 12.9. The highest BCUT2D eigenvalue weighted by Crippen LogP contribution is 2.23. The second kappa shape index (κ2) is 8.05. The van der Waals surface area contributed by atoms with Gasteiger partial charge in [-0.2, -0.15) is 0 Å². The van der Waals surface area contributed by atoms with Crippen LogP contribution < -0.4 is 5.73 Å². The van der Waals surface area contributed by atoms with Gasteiger partial charge in [-0.3, -0.25) is 4.79 Å². The number of carbonyl (C=O) groups is 1. The van der Waals surface area contributed by atoms with Gasteiger partial charge in [0.05, 0.1) is 5.92 Å². The average molecular weight is 277 g/mol.